The molecule has 4 aliphatic rings. The lowest BCUT2D eigenvalue weighted by molar-refractivity contribution is 0.242. The zero-order valence-electron chi connectivity index (χ0n) is 69.9. The highest BCUT2D eigenvalue weighted by atomic mass is 32.1. The Morgan fingerprint density at radius 1 is 0.286 bits per heavy atom. The number of aryl methyl sites for hydroxylation is 2. The summed E-state index contributed by atoms with van der Waals surface area (Å²) < 4.78 is 35.4. The molecule has 0 saturated heterocycles. The molecule has 17 rings (SSSR count). The topological polar surface area (TPSA) is 203 Å². The van der Waals surface area contributed by atoms with Gasteiger partial charge >= 0.3 is 0 Å². The fourth-order valence-corrected chi connectivity index (χ4v) is 15.3. The van der Waals surface area contributed by atoms with Gasteiger partial charge in [-0.2, -0.15) is 8.75 Å². The van der Waals surface area contributed by atoms with Crippen molar-refractivity contribution in [3.8, 4) is 91.2 Å². The second-order valence-corrected chi connectivity index (χ2v) is 36.3. The summed E-state index contributed by atoms with van der Waals surface area (Å²) in [5.41, 5.74) is 26.5. The van der Waals surface area contributed by atoms with Gasteiger partial charge in [-0.05, 0) is 241 Å². The van der Waals surface area contributed by atoms with Gasteiger partial charge in [-0.15, -0.1) is 0 Å². The lowest BCUT2D eigenvalue weighted by Crippen LogP contribution is -2.11. The summed E-state index contributed by atoms with van der Waals surface area (Å²) in [4.78, 5) is 47.8. The summed E-state index contributed by atoms with van der Waals surface area (Å²) in [5, 5.41) is 0. The average Bonchev–Trinajstić information content (AvgIpc) is 1.69. The third kappa shape index (κ3) is 17.6. The van der Waals surface area contributed by atoms with Crippen molar-refractivity contribution in [2.45, 2.75) is 123 Å². The number of aromatic amines is 4. The molecule has 4 aliphatic heterocycles. The Kier molecular flexibility index (Phi) is 21.1. The smallest absolute Gasteiger partial charge is 0.124 e. The molecule has 17 heteroatoms. The quantitative estimate of drug-likeness (QED) is 0.0668. The fraction of sp³-hybridized carbons (Fsp3) is 0.255. The van der Waals surface area contributed by atoms with Gasteiger partial charge in [0.05, 0.1) is 128 Å². The minimum absolute atomic E-state index is 0.135. The predicted octanol–water partition coefficient (Wildman–Crippen LogP) is 24.9. The summed E-state index contributed by atoms with van der Waals surface area (Å²) in [6.07, 6.45) is 20.2. The molecule has 0 radical (unpaired) electrons. The van der Waals surface area contributed by atoms with Gasteiger partial charge in [0, 0.05) is 55.4 Å². The molecule has 594 valence electrons. The first kappa shape index (κ1) is 78.3. The Morgan fingerprint density at radius 2 is 0.563 bits per heavy atom. The van der Waals surface area contributed by atoms with Crippen LogP contribution in [-0.4, -0.2) is 85.0 Å². The molecule has 0 unspecified atom stereocenters. The number of rotatable bonds is 16. The van der Waals surface area contributed by atoms with E-state index in [9.17, 15) is 0 Å². The molecule has 0 aliphatic carbocycles. The normalized spacial score (nSPS) is 12.6. The van der Waals surface area contributed by atoms with Crippen LogP contribution in [0.15, 0.2) is 158 Å². The third-order valence-electron chi connectivity index (χ3n) is 21.6. The Morgan fingerprint density at radius 3 is 0.891 bits per heavy atom. The first-order valence-corrected chi connectivity index (χ1v) is 41.6. The third-order valence-corrected chi connectivity index (χ3v) is 22.1. The van der Waals surface area contributed by atoms with Crippen molar-refractivity contribution < 1.29 is 18.9 Å². The summed E-state index contributed by atoms with van der Waals surface area (Å²) in [6.45, 7) is 33.1. The Hall–Kier alpha value is -13.2. The highest BCUT2D eigenvalue weighted by Crippen LogP contribution is 2.40. The van der Waals surface area contributed by atoms with Crippen LogP contribution in [0.25, 0.3) is 159 Å². The number of benzene rings is 5. The number of nitrogens with zero attached hydrogens (tertiary/aromatic N) is 8. The number of H-pyrrole nitrogens is 4. The molecule has 0 saturated carbocycles. The first-order valence-electron chi connectivity index (χ1n) is 40.9. The fourth-order valence-electron chi connectivity index (χ4n) is 14.7. The lowest BCUT2D eigenvalue weighted by atomic mass is 9.93. The maximum atomic E-state index is 6.31. The highest BCUT2D eigenvalue weighted by molar-refractivity contribution is 7.00. The number of aromatic nitrogens is 12. The van der Waals surface area contributed by atoms with E-state index in [1.807, 2.05) is 74.5 Å². The van der Waals surface area contributed by atoms with Gasteiger partial charge in [0.2, 0.25) is 0 Å². The van der Waals surface area contributed by atoms with Crippen LogP contribution in [0.4, 0.5) is 0 Å². The van der Waals surface area contributed by atoms with E-state index in [-0.39, 0.29) is 21.7 Å². The second-order valence-electron chi connectivity index (χ2n) is 35.7. The Balaban J connectivity index is 0.857. The van der Waals surface area contributed by atoms with Gasteiger partial charge in [-0.25, -0.2) is 29.9 Å². The molecule has 0 atom stereocenters. The van der Waals surface area contributed by atoms with Crippen LogP contribution in [-0.2, 0) is 0 Å². The minimum Gasteiger partial charge on any atom is -0.494 e. The lowest BCUT2D eigenvalue weighted by Gasteiger charge is -2.18. The monoisotopic (exact) mass is 1580 g/mol. The number of ether oxygens (including phenoxy) is 4. The minimum atomic E-state index is 0.135. The molecular weight excluding hydrogens is 1490 g/mol. The molecule has 16 bridgehead atoms. The van der Waals surface area contributed by atoms with E-state index in [0.717, 1.165) is 195 Å². The molecule has 13 aromatic rings. The van der Waals surface area contributed by atoms with E-state index < -0.39 is 0 Å². The molecule has 4 N–H and O–H groups in total. The van der Waals surface area contributed by atoms with Crippen molar-refractivity contribution in [2.75, 3.05) is 26.4 Å². The van der Waals surface area contributed by atoms with Crippen molar-refractivity contribution in [1.29, 1.82) is 0 Å². The standard InChI is InChI=1S/C102H96N12O4S/c1-61-62(2)104-96-78(38-36-76-81-45-49-89(111-81)93(65-19-31-73(32-20-65)117-57-53-101(9,10)11)85-41-25-69(107-85)60-70-26-42-86(108-70)94(90-50-46-82(76)112-90)66-21-33-74(34-22-66)118-58-54-102(12,13)14)98-97(113-119-114-98)77(95(96)103-61)37-35-75-79-43-47-87(109-79)91(63-15-27-71(28-16-63)115-55-51-99(3,4)5)83-39-23-67(105-83)59-68-24-40-84(106-68)92(88-48-44-80(75)110-88)64-17-29-72(30-18-64)116-56-52-100(6,7)8/h15-34,39-50,59-60,105,107,110,112H,51-58H2,1-14H3. The summed E-state index contributed by atoms with van der Waals surface area (Å²) >= 11 is 1.09. The summed E-state index contributed by atoms with van der Waals surface area (Å²) in [7, 11) is 0. The van der Waals surface area contributed by atoms with Gasteiger partial charge in [0.1, 0.15) is 45.1 Å². The summed E-state index contributed by atoms with van der Waals surface area (Å²) in [6, 6.07) is 54.0. The van der Waals surface area contributed by atoms with Gasteiger partial charge in [0.25, 0.3) is 0 Å². The SMILES string of the molecule is Cc1nc2c(C#Cc3c4nc(c(-c5ccc(OCCC(C)(C)C)cc5)c5ccc(cc6nc(c(-c7ccc(OCCC(C)(C)C)cc7)c7ccc3[nH]7)C=C6)[nH]5)C=C4)c3nsnc3c(C#Cc3c4nc(c(-c5ccc(OCCC(C)(C)C)cc5)c5ccc(cc6nc(c(-c7ccc(OCCC(C)(C)C)cc7)c7ccc3[nH]7)C=C6)[nH]5)C=C4)c2nc1C. The van der Waals surface area contributed by atoms with Crippen LogP contribution in [0, 0.1) is 59.2 Å². The molecule has 8 aromatic heterocycles. The second kappa shape index (κ2) is 32.0. The Bertz CT molecular complexity index is 6260. The van der Waals surface area contributed by atoms with Crippen LogP contribution >= 0.6 is 11.7 Å². The van der Waals surface area contributed by atoms with E-state index in [0.29, 0.717) is 82.1 Å². The van der Waals surface area contributed by atoms with Crippen molar-refractivity contribution in [2.24, 2.45) is 21.7 Å². The molecule has 12 heterocycles. The van der Waals surface area contributed by atoms with E-state index in [4.69, 9.17) is 57.6 Å². The molecule has 0 spiro atoms. The van der Waals surface area contributed by atoms with Crippen molar-refractivity contribution in [3.05, 3.63) is 237 Å². The van der Waals surface area contributed by atoms with Crippen molar-refractivity contribution >= 4 is 127 Å². The maximum Gasteiger partial charge on any atom is 0.124 e. The number of hydrogen-bond donors (Lipinski definition) is 4. The van der Waals surface area contributed by atoms with Gasteiger partial charge < -0.3 is 38.9 Å². The van der Waals surface area contributed by atoms with E-state index >= 15 is 0 Å². The molecular formula is C102H96N12O4S. The average molecular weight is 1590 g/mol. The van der Waals surface area contributed by atoms with Crippen LogP contribution in [0.2, 0.25) is 0 Å². The van der Waals surface area contributed by atoms with Crippen LogP contribution in [0.3, 0.4) is 0 Å². The number of fused-ring (bicyclic) bond motifs is 18. The molecule has 0 fully saturated rings. The van der Waals surface area contributed by atoms with Crippen molar-refractivity contribution in [3.63, 3.8) is 0 Å². The Labute approximate surface area is 698 Å². The van der Waals surface area contributed by atoms with E-state index in [1.165, 1.54) is 0 Å². The predicted molar refractivity (Wildman–Crippen MR) is 490 cm³/mol. The molecule has 16 nitrogen and oxygen atoms in total. The van der Waals surface area contributed by atoms with Crippen LogP contribution < -0.4 is 18.9 Å². The van der Waals surface area contributed by atoms with Crippen LogP contribution in [0.5, 0.6) is 23.0 Å². The molecule has 0 amide bonds. The zero-order chi connectivity index (χ0) is 82.5. The van der Waals surface area contributed by atoms with Crippen molar-refractivity contribution in [1.82, 2.24) is 58.6 Å². The zero-order valence-corrected chi connectivity index (χ0v) is 70.7. The number of nitrogens with one attached hydrogen (secondary N) is 4. The van der Waals surface area contributed by atoms with E-state index in [1.54, 1.807) is 0 Å². The largest absolute Gasteiger partial charge is 0.494 e. The van der Waals surface area contributed by atoms with Gasteiger partial charge in [-0.1, -0.05) is 155 Å². The van der Waals surface area contributed by atoms with Gasteiger partial charge in [0.15, 0.2) is 0 Å². The highest BCUT2D eigenvalue weighted by Gasteiger charge is 2.25. The first-order chi connectivity index (χ1) is 57.2. The maximum absolute atomic E-state index is 6.31. The van der Waals surface area contributed by atoms with Crippen LogP contribution in [0.1, 0.15) is 188 Å². The molecule has 5 aromatic carbocycles. The van der Waals surface area contributed by atoms with E-state index in [2.05, 4.69) is 272 Å². The van der Waals surface area contributed by atoms with Gasteiger partial charge in [-0.3, -0.25) is 0 Å². The number of hydrogen-bond acceptors (Lipinski definition) is 13. The molecule has 119 heavy (non-hydrogen) atoms. The summed E-state index contributed by atoms with van der Waals surface area (Å²) in [5.74, 6) is 18.0.